The van der Waals surface area contributed by atoms with Gasteiger partial charge in [0.2, 0.25) is 0 Å². The Morgan fingerprint density at radius 3 is 1.36 bits per heavy atom. The first-order chi connectivity index (χ1) is 11.7. The first-order valence-electron chi connectivity index (χ1n) is 6.84. The zero-order valence-electron chi connectivity index (χ0n) is 12.6. The van der Waals surface area contributed by atoms with Crippen molar-refractivity contribution < 1.29 is 45.0 Å². The molecule has 0 aliphatic rings. The average Bonchev–Trinajstić information content (AvgIpc) is 2.52. The second kappa shape index (κ2) is 6.97. The van der Waals surface area contributed by atoms with Gasteiger partial charge in [0.1, 0.15) is 34.1 Å². The molecule has 0 unspecified atom stereocenters. The summed E-state index contributed by atoms with van der Waals surface area (Å²) in [5.41, 5.74) is -0.720. The number of hydrogen-bond donors (Lipinski definition) is 6. The molecule has 132 valence electrons. The number of benzene rings is 2. The van der Waals surface area contributed by atoms with E-state index in [0.717, 1.165) is 24.3 Å². The molecule has 0 saturated heterocycles. The Labute approximate surface area is 140 Å². The van der Waals surface area contributed by atoms with Gasteiger partial charge in [0.15, 0.2) is 0 Å². The van der Waals surface area contributed by atoms with Gasteiger partial charge in [0.25, 0.3) is 0 Å². The lowest BCUT2D eigenvalue weighted by molar-refractivity contribution is 0.0682. The summed E-state index contributed by atoms with van der Waals surface area (Å²) in [5.74, 6) is -4.70. The van der Waals surface area contributed by atoms with E-state index in [9.17, 15) is 30.0 Å². The van der Waals surface area contributed by atoms with E-state index < -0.39 is 46.1 Å². The molecule has 0 bridgehead atoms. The van der Waals surface area contributed by atoms with Gasteiger partial charge in [-0.2, -0.15) is 0 Å². The zero-order chi connectivity index (χ0) is 18.7. The third-order valence-electron chi connectivity index (χ3n) is 3.37. The van der Waals surface area contributed by atoms with Gasteiger partial charge in [-0.05, 0) is 24.3 Å². The molecule has 0 heterocycles. The minimum atomic E-state index is -1.40. The topological polar surface area (TPSA) is 165 Å². The molecule has 9 heteroatoms. The molecular weight excluding hydrogens is 336 g/mol. The van der Waals surface area contributed by atoms with Gasteiger partial charge >= 0.3 is 11.9 Å². The number of phenols is 4. The third-order valence-corrected chi connectivity index (χ3v) is 3.37. The van der Waals surface area contributed by atoms with Gasteiger partial charge in [-0.1, -0.05) is 0 Å². The average molecular weight is 350 g/mol. The maximum Gasteiger partial charge on any atom is 0.339 e. The van der Waals surface area contributed by atoms with E-state index in [0.29, 0.717) is 0 Å². The fourth-order valence-corrected chi connectivity index (χ4v) is 2.08. The van der Waals surface area contributed by atoms with Crippen LogP contribution >= 0.6 is 0 Å². The van der Waals surface area contributed by atoms with Crippen LogP contribution in [0.1, 0.15) is 31.8 Å². The van der Waals surface area contributed by atoms with Gasteiger partial charge in [-0.3, -0.25) is 0 Å². The third kappa shape index (κ3) is 3.90. The standard InChI is InChI=1S/C16H14O9/c17-11-3-9(15(21)22)13(19)1-7(11)5-25-6-8-2-14(20)10(16(23)24)4-12(8)18/h1-4,17-20H,5-6H2,(H,21,22)(H,23,24). The van der Waals surface area contributed by atoms with Crippen molar-refractivity contribution in [2.75, 3.05) is 0 Å². The summed E-state index contributed by atoms with van der Waals surface area (Å²) in [6, 6.07) is 3.82. The molecule has 25 heavy (non-hydrogen) atoms. The molecule has 0 aliphatic carbocycles. The number of aromatic hydroxyl groups is 4. The van der Waals surface area contributed by atoms with Crippen LogP contribution in [0.25, 0.3) is 0 Å². The molecule has 0 aliphatic heterocycles. The minimum absolute atomic E-state index is 0.105. The Morgan fingerprint density at radius 1 is 0.680 bits per heavy atom. The zero-order valence-corrected chi connectivity index (χ0v) is 12.6. The quantitative estimate of drug-likeness (QED) is 0.424. The largest absolute Gasteiger partial charge is 0.508 e. The van der Waals surface area contributed by atoms with Gasteiger partial charge in [-0.15, -0.1) is 0 Å². The van der Waals surface area contributed by atoms with Crippen LogP contribution in [0.5, 0.6) is 23.0 Å². The number of hydrogen-bond acceptors (Lipinski definition) is 7. The summed E-state index contributed by atoms with van der Waals surface area (Å²) in [6.45, 7) is -0.472. The second-order valence-corrected chi connectivity index (χ2v) is 5.10. The lowest BCUT2D eigenvalue weighted by Gasteiger charge is -2.11. The van der Waals surface area contributed by atoms with E-state index in [2.05, 4.69) is 0 Å². The predicted octanol–water partition coefficient (Wildman–Crippen LogP) is 1.62. The highest BCUT2D eigenvalue weighted by atomic mass is 16.5. The monoisotopic (exact) mass is 350 g/mol. The molecule has 0 amide bonds. The molecular formula is C16H14O9. The summed E-state index contributed by atoms with van der Waals surface area (Å²) < 4.78 is 5.24. The molecule has 0 atom stereocenters. The number of carboxylic acid groups (broad SMARTS) is 2. The molecule has 2 aromatic carbocycles. The van der Waals surface area contributed by atoms with Gasteiger partial charge in [0, 0.05) is 11.1 Å². The first-order valence-corrected chi connectivity index (χ1v) is 6.84. The SMILES string of the molecule is O=C(O)c1cc(O)c(COCc2cc(O)c(C(=O)O)cc2O)cc1O. The molecule has 2 rings (SSSR count). The van der Waals surface area contributed by atoms with Crippen LogP contribution in [0.2, 0.25) is 0 Å². The van der Waals surface area contributed by atoms with Crippen LogP contribution in [0.4, 0.5) is 0 Å². The number of rotatable bonds is 6. The van der Waals surface area contributed by atoms with Crippen LogP contribution in [-0.2, 0) is 18.0 Å². The van der Waals surface area contributed by atoms with E-state index >= 15 is 0 Å². The van der Waals surface area contributed by atoms with Crippen LogP contribution < -0.4 is 0 Å². The van der Waals surface area contributed by atoms with Crippen LogP contribution in [0, 0.1) is 0 Å². The molecule has 0 saturated carbocycles. The number of aromatic carboxylic acids is 2. The van der Waals surface area contributed by atoms with Crippen molar-refractivity contribution in [3.63, 3.8) is 0 Å². The van der Waals surface area contributed by atoms with Crippen LogP contribution in [0.15, 0.2) is 24.3 Å². The number of ether oxygens (including phenoxy) is 1. The van der Waals surface area contributed by atoms with E-state index in [4.69, 9.17) is 14.9 Å². The highest BCUT2D eigenvalue weighted by Crippen LogP contribution is 2.30. The van der Waals surface area contributed by atoms with Crippen molar-refractivity contribution in [2.24, 2.45) is 0 Å². The summed E-state index contributed by atoms with van der Waals surface area (Å²) in [4.78, 5) is 21.7. The summed E-state index contributed by atoms with van der Waals surface area (Å²) in [7, 11) is 0. The molecule has 6 N–H and O–H groups in total. The van der Waals surface area contributed by atoms with Crippen molar-refractivity contribution in [3.8, 4) is 23.0 Å². The van der Waals surface area contributed by atoms with Crippen molar-refractivity contribution in [1.29, 1.82) is 0 Å². The molecule has 0 spiro atoms. The summed E-state index contributed by atoms with van der Waals surface area (Å²) in [6.07, 6.45) is 0. The van der Waals surface area contributed by atoms with Crippen molar-refractivity contribution in [2.45, 2.75) is 13.2 Å². The number of carbonyl (C=O) groups is 2. The predicted molar refractivity (Wildman–Crippen MR) is 82.0 cm³/mol. The maximum atomic E-state index is 10.8. The Morgan fingerprint density at radius 2 is 1.04 bits per heavy atom. The minimum Gasteiger partial charge on any atom is -0.508 e. The summed E-state index contributed by atoms with van der Waals surface area (Å²) >= 11 is 0. The van der Waals surface area contributed by atoms with E-state index in [-0.39, 0.29) is 24.3 Å². The van der Waals surface area contributed by atoms with Gasteiger partial charge in [0.05, 0.1) is 13.2 Å². The Kier molecular flexibility index (Phi) is 4.99. The van der Waals surface area contributed by atoms with Gasteiger partial charge in [-0.25, -0.2) is 9.59 Å². The van der Waals surface area contributed by atoms with E-state index in [1.54, 1.807) is 0 Å². The lowest BCUT2D eigenvalue weighted by Crippen LogP contribution is -2.01. The lowest BCUT2D eigenvalue weighted by atomic mass is 10.1. The Bertz CT molecular complexity index is 772. The Balaban J connectivity index is 2.11. The second-order valence-electron chi connectivity index (χ2n) is 5.10. The molecule has 0 fully saturated rings. The molecule has 2 aromatic rings. The maximum absolute atomic E-state index is 10.8. The fourth-order valence-electron chi connectivity index (χ4n) is 2.08. The smallest absolute Gasteiger partial charge is 0.339 e. The van der Waals surface area contributed by atoms with Crippen molar-refractivity contribution in [3.05, 3.63) is 46.5 Å². The summed E-state index contributed by atoms with van der Waals surface area (Å²) in [5, 5.41) is 56.3. The molecule has 0 aromatic heterocycles. The molecule has 0 radical (unpaired) electrons. The van der Waals surface area contributed by atoms with E-state index in [1.165, 1.54) is 0 Å². The first kappa shape index (κ1) is 17.9. The van der Waals surface area contributed by atoms with Gasteiger partial charge < -0.3 is 35.4 Å². The number of carboxylic acids is 2. The highest BCUT2D eigenvalue weighted by Gasteiger charge is 2.16. The fraction of sp³-hybridized carbons (Fsp3) is 0.125. The van der Waals surface area contributed by atoms with Crippen molar-refractivity contribution in [1.82, 2.24) is 0 Å². The van der Waals surface area contributed by atoms with Crippen LogP contribution in [0.3, 0.4) is 0 Å². The normalized spacial score (nSPS) is 10.6. The van der Waals surface area contributed by atoms with E-state index in [1.807, 2.05) is 0 Å². The Hall–Kier alpha value is -3.46. The number of phenolic OH excluding ortho intramolecular Hbond substituents is 2. The highest BCUT2D eigenvalue weighted by molar-refractivity contribution is 5.92. The molecule has 9 nitrogen and oxygen atoms in total. The van der Waals surface area contributed by atoms with Crippen molar-refractivity contribution >= 4 is 11.9 Å². The van der Waals surface area contributed by atoms with Crippen LogP contribution in [-0.4, -0.2) is 42.6 Å².